The minimum atomic E-state index is 0.318. The summed E-state index contributed by atoms with van der Waals surface area (Å²) in [5, 5.41) is 16.4. The molecular weight excluding hydrogens is 284 g/mol. The van der Waals surface area contributed by atoms with Crippen molar-refractivity contribution in [1.82, 2.24) is 5.32 Å². The first kappa shape index (κ1) is 20.5. The third-order valence-electron chi connectivity index (χ3n) is 5.13. The second-order valence-corrected chi connectivity index (χ2v) is 7.23. The standard InChI is InChI=1S/C20H40N2O/c1-2-3-4-5-6-7-8-9-12-15-18-21-19-16-13-10-11-14-17-20(19)22-23/h19,21,23H,2-18H2,1H3/b22-20-/t19-/m0/s1. The Kier molecular flexibility index (Phi) is 13.3. The summed E-state index contributed by atoms with van der Waals surface area (Å²) in [5.74, 6) is 0. The molecule has 0 spiro atoms. The molecule has 23 heavy (non-hydrogen) atoms. The van der Waals surface area contributed by atoms with Crippen LogP contribution in [0.5, 0.6) is 0 Å². The lowest BCUT2D eigenvalue weighted by Gasteiger charge is -2.22. The van der Waals surface area contributed by atoms with Gasteiger partial charge in [0.15, 0.2) is 0 Å². The van der Waals surface area contributed by atoms with Crippen LogP contribution in [0.15, 0.2) is 5.16 Å². The summed E-state index contributed by atoms with van der Waals surface area (Å²) in [4.78, 5) is 0. The van der Waals surface area contributed by atoms with Gasteiger partial charge >= 0.3 is 0 Å². The molecule has 3 nitrogen and oxygen atoms in total. The summed E-state index contributed by atoms with van der Waals surface area (Å²) in [6, 6.07) is 0.318. The molecule has 0 aromatic carbocycles. The van der Waals surface area contributed by atoms with E-state index in [1.165, 1.54) is 89.9 Å². The molecule has 0 unspecified atom stereocenters. The van der Waals surface area contributed by atoms with E-state index in [-0.39, 0.29) is 0 Å². The second kappa shape index (κ2) is 15.0. The molecule has 3 heteroatoms. The predicted octanol–water partition coefficient (Wildman–Crippen LogP) is 6.05. The van der Waals surface area contributed by atoms with Gasteiger partial charge in [-0.05, 0) is 32.2 Å². The Balaban J connectivity index is 1.96. The topological polar surface area (TPSA) is 44.6 Å². The van der Waals surface area contributed by atoms with Gasteiger partial charge in [0.2, 0.25) is 0 Å². The number of unbranched alkanes of at least 4 members (excludes halogenated alkanes) is 9. The smallest absolute Gasteiger partial charge is 0.0739 e. The Labute approximate surface area is 144 Å². The summed E-state index contributed by atoms with van der Waals surface area (Å²) >= 11 is 0. The van der Waals surface area contributed by atoms with Crippen molar-refractivity contribution >= 4 is 5.71 Å². The molecule has 1 saturated carbocycles. The molecule has 1 fully saturated rings. The van der Waals surface area contributed by atoms with E-state index in [9.17, 15) is 5.21 Å². The van der Waals surface area contributed by atoms with Crippen LogP contribution in [0, 0.1) is 0 Å². The molecular formula is C20H40N2O. The number of hydrogen-bond donors (Lipinski definition) is 2. The van der Waals surface area contributed by atoms with Crippen LogP contribution in [0.25, 0.3) is 0 Å². The Bertz CT molecular complexity index is 291. The highest BCUT2D eigenvalue weighted by atomic mass is 16.4. The van der Waals surface area contributed by atoms with E-state index in [2.05, 4.69) is 17.4 Å². The van der Waals surface area contributed by atoms with Crippen molar-refractivity contribution in [2.45, 2.75) is 116 Å². The molecule has 1 aliphatic carbocycles. The fraction of sp³-hybridized carbons (Fsp3) is 0.950. The SMILES string of the molecule is CCCCCCCCCCCCN[C@H]1CCCCCC/C1=N/O. The van der Waals surface area contributed by atoms with Gasteiger partial charge < -0.3 is 10.5 Å². The quantitative estimate of drug-likeness (QED) is 0.261. The Hall–Kier alpha value is -0.570. The summed E-state index contributed by atoms with van der Waals surface area (Å²) in [7, 11) is 0. The molecule has 0 aliphatic heterocycles. The lowest BCUT2D eigenvalue weighted by Crippen LogP contribution is -2.38. The van der Waals surface area contributed by atoms with Gasteiger partial charge in [0.1, 0.15) is 0 Å². The van der Waals surface area contributed by atoms with E-state index in [0.717, 1.165) is 25.1 Å². The van der Waals surface area contributed by atoms with Gasteiger partial charge in [-0.2, -0.15) is 0 Å². The molecule has 136 valence electrons. The predicted molar refractivity (Wildman–Crippen MR) is 101 cm³/mol. The Morgan fingerprint density at radius 3 is 2.13 bits per heavy atom. The van der Waals surface area contributed by atoms with Crippen molar-refractivity contribution in [3.63, 3.8) is 0 Å². The van der Waals surface area contributed by atoms with Crippen LogP contribution >= 0.6 is 0 Å². The Morgan fingerprint density at radius 2 is 1.48 bits per heavy atom. The van der Waals surface area contributed by atoms with Gasteiger partial charge in [0.25, 0.3) is 0 Å². The van der Waals surface area contributed by atoms with E-state index in [4.69, 9.17) is 0 Å². The van der Waals surface area contributed by atoms with Crippen molar-refractivity contribution in [2.75, 3.05) is 6.54 Å². The summed E-state index contributed by atoms with van der Waals surface area (Å²) in [5.41, 5.74) is 0.983. The van der Waals surface area contributed by atoms with E-state index >= 15 is 0 Å². The summed E-state index contributed by atoms with van der Waals surface area (Å²) in [6.45, 7) is 3.35. The van der Waals surface area contributed by atoms with Crippen molar-refractivity contribution in [3.8, 4) is 0 Å². The molecule has 0 saturated heterocycles. The average molecular weight is 325 g/mol. The molecule has 0 aromatic rings. The molecule has 1 aliphatic rings. The maximum Gasteiger partial charge on any atom is 0.0739 e. The van der Waals surface area contributed by atoms with Crippen LogP contribution in [-0.4, -0.2) is 23.5 Å². The monoisotopic (exact) mass is 324 g/mol. The number of rotatable bonds is 12. The largest absolute Gasteiger partial charge is 0.411 e. The molecule has 1 rings (SSSR count). The highest BCUT2D eigenvalue weighted by Crippen LogP contribution is 2.16. The fourth-order valence-corrected chi connectivity index (χ4v) is 3.58. The van der Waals surface area contributed by atoms with Gasteiger partial charge in [-0.15, -0.1) is 0 Å². The summed E-state index contributed by atoms with van der Waals surface area (Å²) in [6.07, 6.45) is 21.0. The zero-order valence-electron chi connectivity index (χ0n) is 15.5. The van der Waals surface area contributed by atoms with Crippen molar-refractivity contribution in [1.29, 1.82) is 0 Å². The van der Waals surface area contributed by atoms with Crippen LogP contribution in [0.3, 0.4) is 0 Å². The van der Waals surface area contributed by atoms with Crippen LogP contribution in [-0.2, 0) is 0 Å². The molecule has 1 atom stereocenters. The zero-order chi connectivity index (χ0) is 16.6. The second-order valence-electron chi connectivity index (χ2n) is 7.23. The molecule has 2 N–H and O–H groups in total. The van der Waals surface area contributed by atoms with Gasteiger partial charge in [-0.25, -0.2) is 0 Å². The van der Waals surface area contributed by atoms with Crippen molar-refractivity contribution < 1.29 is 5.21 Å². The first-order valence-corrected chi connectivity index (χ1v) is 10.3. The number of nitrogens with one attached hydrogen (secondary N) is 1. The molecule has 0 radical (unpaired) electrons. The van der Waals surface area contributed by atoms with Crippen LogP contribution < -0.4 is 5.32 Å². The first-order valence-electron chi connectivity index (χ1n) is 10.3. The molecule has 0 heterocycles. The number of nitrogens with zero attached hydrogens (tertiary/aromatic N) is 1. The zero-order valence-corrected chi connectivity index (χ0v) is 15.5. The van der Waals surface area contributed by atoms with Gasteiger partial charge in [-0.1, -0.05) is 89.1 Å². The third-order valence-corrected chi connectivity index (χ3v) is 5.13. The third kappa shape index (κ3) is 10.8. The van der Waals surface area contributed by atoms with Crippen LogP contribution in [0.4, 0.5) is 0 Å². The highest BCUT2D eigenvalue weighted by molar-refractivity contribution is 5.89. The Morgan fingerprint density at radius 1 is 0.870 bits per heavy atom. The van der Waals surface area contributed by atoms with Crippen LogP contribution in [0.1, 0.15) is 110 Å². The van der Waals surface area contributed by atoms with Crippen molar-refractivity contribution in [3.05, 3.63) is 0 Å². The first-order chi connectivity index (χ1) is 11.4. The highest BCUT2D eigenvalue weighted by Gasteiger charge is 2.17. The number of hydrogen-bond acceptors (Lipinski definition) is 3. The number of oxime groups is 1. The normalized spacial score (nSPS) is 21.3. The average Bonchev–Trinajstić information content (AvgIpc) is 2.54. The lowest BCUT2D eigenvalue weighted by atomic mass is 9.95. The van der Waals surface area contributed by atoms with E-state index in [0.29, 0.717) is 6.04 Å². The van der Waals surface area contributed by atoms with E-state index in [1.807, 2.05) is 0 Å². The molecule has 0 amide bonds. The van der Waals surface area contributed by atoms with Gasteiger partial charge in [0, 0.05) is 6.04 Å². The van der Waals surface area contributed by atoms with Gasteiger partial charge in [0.05, 0.1) is 5.71 Å². The molecule has 0 aromatic heterocycles. The lowest BCUT2D eigenvalue weighted by molar-refractivity contribution is 0.311. The van der Waals surface area contributed by atoms with Crippen LogP contribution in [0.2, 0.25) is 0 Å². The van der Waals surface area contributed by atoms with E-state index in [1.54, 1.807) is 0 Å². The summed E-state index contributed by atoms with van der Waals surface area (Å²) < 4.78 is 0. The maximum atomic E-state index is 9.20. The minimum absolute atomic E-state index is 0.318. The minimum Gasteiger partial charge on any atom is -0.411 e. The molecule has 0 bridgehead atoms. The van der Waals surface area contributed by atoms with E-state index < -0.39 is 0 Å². The van der Waals surface area contributed by atoms with Gasteiger partial charge in [-0.3, -0.25) is 0 Å². The maximum absolute atomic E-state index is 9.20. The fourth-order valence-electron chi connectivity index (χ4n) is 3.58. The van der Waals surface area contributed by atoms with Crippen molar-refractivity contribution in [2.24, 2.45) is 5.16 Å².